The third kappa shape index (κ3) is 3.75. The van der Waals surface area contributed by atoms with Gasteiger partial charge >= 0.3 is 0 Å². The average Bonchev–Trinajstić information content (AvgIpc) is 2.77. The highest BCUT2D eigenvalue weighted by atomic mass is 19.1. The van der Waals surface area contributed by atoms with Gasteiger partial charge < -0.3 is 14.8 Å². The van der Waals surface area contributed by atoms with Crippen molar-refractivity contribution in [2.75, 3.05) is 26.9 Å². The Balaban J connectivity index is 1.83. The first-order valence-corrected chi connectivity index (χ1v) is 6.35. The summed E-state index contributed by atoms with van der Waals surface area (Å²) in [6.07, 6.45) is 1.60. The van der Waals surface area contributed by atoms with Gasteiger partial charge in [0.25, 0.3) is 0 Å². The van der Waals surface area contributed by atoms with Crippen molar-refractivity contribution in [3.05, 3.63) is 35.1 Å². The number of rotatable bonds is 6. The first-order chi connectivity index (χ1) is 9.20. The zero-order valence-corrected chi connectivity index (χ0v) is 10.9. The molecule has 0 saturated carbocycles. The monoisotopic (exact) mass is 267 g/mol. The van der Waals surface area contributed by atoms with Crippen molar-refractivity contribution in [3.63, 3.8) is 0 Å². The van der Waals surface area contributed by atoms with E-state index in [1.807, 2.05) is 0 Å². The minimum absolute atomic E-state index is 0.0242. The van der Waals surface area contributed by atoms with Gasteiger partial charge in [-0.05, 0) is 36.1 Å². The summed E-state index contributed by atoms with van der Waals surface area (Å²) in [7, 11) is 1.58. The van der Waals surface area contributed by atoms with E-state index in [1.54, 1.807) is 13.2 Å². The van der Waals surface area contributed by atoms with Crippen LogP contribution in [0.1, 0.15) is 23.6 Å². The van der Waals surface area contributed by atoms with Crippen molar-refractivity contribution in [1.82, 2.24) is 5.32 Å². The lowest BCUT2D eigenvalue weighted by atomic mass is 10.1. The highest BCUT2D eigenvalue weighted by Crippen LogP contribution is 2.31. The van der Waals surface area contributed by atoms with E-state index in [0.717, 1.165) is 24.0 Å². The van der Waals surface area contributed by atoms with Crippen molar-refractivity contribution < 1.29 is 18.7 Å². The fourth-order valence-electron chi connectivity index (χ4n) is 2.28. The zero-order chi connectivity index (χ0) is 13.7. The lowest BCUT2D eigenvalue weighted by Crippen LogP contribution is -2.31. The lowest BCUT2D eigenvalue weighted by molar-refractivity contribution is -0.126. The fraction of sp³-hybridized carbons (Fsp3) is 0.500. The molecule has 4 nitrogen and oxygen atoms in total. The highest BCUT2D eigenvalue weighted by Gasteiger charge is 2.24. The van der Waals surface area contributed by atoms with Gasteiger partial charge in [0, 0.05) is 7.11 Å². The van der Waals surface area contributed by atoms with Gasteiger partial charge in [0.2, 0.25) is 5.91 Å². The number of ether oxygens (including phenoxy) is 2. The average molecular weight is 267 g/mol. The van der Waals surface area contributed by atoms with Gasteiger partial charge in [-0.3, -0.25) is 4.79 Å². The lowest BCUT2D eigenvalue weighted by Gasteiger charge is -2.14. The normalized spacial score (nSPS) is 17.3. The minimum Gasteiger partial charge on any atom is -0.382 e. The number of halogens is 1. The van der Waals surface area contributed by atoms with E-state index in [2.05, 4.69) is 5.32 Å². The smallest absolute Gasteiger partial charge is 0.246 e. The largest absolute Gasteiger partial charge is 0.382 e. The molecule has 1 aromatic carbocycles. The van der Waals surface area contributed by atoms with E-state index in [1.165, 1.54) is 12.1 Å². The number of hydrogen-bond donors (Lipinski definition) is 1. The number of aryl methyl sites for hydroxylation is 1. The van der Waals surface area contributed by atoms with Gasteiger partial charge in [-0.1, -0.05) is 6.07 Å². The molecular weight excluding hydrogens is 249 g/mol. The van der Waals surface area contributed by atoms with Crippen molar-refractivity contribution >= 4 is 5.91 Å². The molecule has 0 spiro atoms. The molecule has 1 atom stereocenters. The molecule has 0 radical (unpaired) electrons. The molecule has 19 heavy (non-hydrogen) atoms. The van der Waals surface area contributed by atoms with Gasteiger partial charge in [0.05, 0.1) is 19.3 Å². The summed E-state index contributed by atoms with van der Waals surface area (Å²) < 4.78 is 23.1. The topological polar surface area (TPSA) is 47.6 Å². The first-order valence-electron chi connectivity index (χ1n) is 6.35. The molecule has 1 aromatic rings. The molecule has 0 fully saturated rings. The molecule has 2 rings (SSSR count). The van der Waals surface area contributed by atoms with Crippen LogP contribution in [0.3, 0.4) is 0 Å². The number of amides is 1. The van der Waals surface area contributed by atoms with Crippen molar-refractivity contribution in [2.45, 2.75) is 18.9 Å². The molecule has 1 amide bonds. The predicted molar refractivity (Wildman–Crippen MR) is 68.3 cm³/mol. The van der Waals surface area contributed by atoms with E-state index in [4.69, 9.17) is 9.47 Å². The SMILES string of the molecule is COCCOCC(=O)N[C@H]1CCc2cc(F)ccc21. The summed E-state index contributed by atoms with van der Waals surface area (Å²) in [5.74, 6) is -0.382. The molecule has 0 aromatic heterocycles. The van der Waals surface area contributed by atoms with Crippen molar-refractivity contribution in [2.24, 2.45) is 0 Å². The quantitative estimate of drug-likeness (QED) is 0.796. The summed E-state index contributed by atoms with van der Waals surface area (Å²) in [5, 5.41) is 2.90. The molecule has 0 saturated heterocycles. The van der Waals surface area contributed by atoms with E-state index in [9.17, 15) is 9.18 Å². The second-order valence-corrected chi connectivity index (χ2v) is 4.55. The standard InChI is InChI=1S/C14H18FNO3/c1-18-6-7-19-9-14(17)16-13-5-2-10-8-11(15)3-4-12(10)13/h3-4,8,13H,2,5-7,9H2,1H3,(H,16,17)/t13-/m0/s1. The Labute approximate surface area is 111 Å². The number of hydrogen-bond acceptors (Lipinski definition) is 3. The molecule has 0 bridgehead atoms. The maximum atomic E-state index is 13.1. The number of fused-ring (bicyclic) bond motifs is 1. The molecule has 5 heteroatoms. The third-order valence-corrected chi connectivity index (χ3v) is 3.18. The Kier molecular flexibility index (Phi) is 4.87. The van der Waals surface area contributed by atoms with Crippen LogP contribution in [0.25, 0.3) is 0 Å². The summed E-state index contributed by atoms with van der Waals surface area (Å²) in [5.41, 5.74) is 1.98. The second kappa shape index (κ2) is 6.63. The first kappa shape index (κ1) is 14.0. The number of carbonyl (C=O) groups is 1. The van der Waals surface area contributed by atoms with Crippen LogP contribution in [0.15, 0.2) is 18.2 Å². The Morgan fingerprint density at radius 3 is 3.11 bits per heavy atom. The van der Waals surface area contributed by atoms with Gasteiger partial charge in [0.15, 0.2) is 0 Å². The van der Waals surface area contributed by atoms with E-state index in [-0.39, 0.29) is 24.4 Å². The second-order valence-electron chi connectivity index (χ2n) is 4.55. The molecule has 1 aliphatic carbocycles. The molecule has 104 valence electrons. The van der Waals surface area contributed by atoms with Crippen LogP contribution in [0.2, 0.25) is 0 Å². The maximum absolute atomic E-state index is 13.1. The van der Waals surface area contributed by atoms with Crippen LogP contribution in [0, 0.1) is 5.82 Å². The fourth-order valence-corrected chi connectivity index (χ4v) is 2.28. The molecule has 0 heterocycles. The van der Waals surface area contributed by atoms with Gasteiger partial charge in [0.1, 0.15) is 12.4 Å². The molecule has 1 aliphatic rings. The Morgan fingerprint density at radius 2 is 2.32 bits per heavy atom. The van der Waals surface area contributed by atoms with Crippen LogP contribution in [-0.4, -0.2) is 32.8 Å². The van der Waals surface area contributed by atoms with Crippen molar-refractivity contribution in [1.29, 1.82) is 0 Å². The highest BCUT2D eigenvalue weighted by molar-refractivity contribution is 5.77. The van der Waals surface area contributed by atoms with Crippen LogP contribution in [0.5, 0.6) is 0 Å². The number of methoxy groups -OCH3 is 1. The maximum Gasteiger partial charge on any atom is 0.246 e. The summed E-state index contributed by atoms with van der Waals surface area (Å²) in [6.45, 7) is 0.894. The van der Waals surface area contributed by atoms with Crippen LogP contribution >= 0.6 is 0 Å². The van der Waals surface area contributed by atoms with E-state index < -0.39 is 0 Å². The van der Waals surface area contributed by atoms with Gasteiger partial charge in [-0.2, -0.15) is 0 Å². The third-order valence-electron chi connectivity index (χ3n) is 3.18. The number of nitrogens with one attached hydrogen (secondary N) is 1. The van der Waals surface area contributed by atoms with E-state index in [0.29, 0.717) is 13.2 Å². The van der Waals surface area contributed by atoms with Crippen molar-refractivity contribution in [3.8, 4) is 0 Å². The van der Waals surface area contributed by atoms with Gasteiger partial charge in [-0.15, -0.1) is 0 Å². The number of carbonyl (C=O) groups excluding carboxylic acids is 1. The predicted octanol–water partition coefficient (Wildman–Crippen LogP) is 1.59. The summed E-state index contributed by atoms with van der Waals surface area (Å²) in [6, 6.07) is 4.68. The molecule has 1 N–H and O–H groups in total. The van der Waals surface area contributed by atoms with Crippen LogP contribution in [0.4, 0.5) is 4.39 Å². The molecular formula is C14H18FNO3. The van der Waals surface area contributed by atoms with Gasteiger partial charge in [-0.25, -0.2) is 4.39 Å². The van der Waals surface area contributed by atoms with E-state index >= 15 is 0 Å². The summed E-state index contributed by atoms with van der Waals surface area (Å²) in [4.78, 5) is 11.7. The van der Waals surface area contributed by atoms with Crippen LogP contribution < -0.4 is 5.32 Å². The number of benzene rings is 1. The Morgan fingerprint density at radius 1 is 1.47 bits per heavy atom. The minimum atomic E-state index is -0.228. The molecule has 0 aliphatic heterocycles. The Bertz CT molecular complexity index is 450. The Hall–Kier alpha value is -1.46. The molecule has 0 unspecified atom stereocenters. The van der Waals surface area contributed by atoms with Crippen LogP contribution in [-0.2, 0) is 20.7 Å². The zero-order valence-electron chi connectivity index (χ0n) is 10.9. The summed E-state index contributed by atoms with van der Waals surface area (Å²) >= 11 is 0.